The lowest BCUT2D eigenvalue weighted by atomic mass is 9.98. The summed E-state index contributed by atoms with van der Waals surface area (Å²) in [6.45, 7) is 4.55. The van der Waals surface area contributed by atoms with Gasteiger partial charge in [-0.3, -0.25) is 0 Å². The third-order valence-corrected chi connectivity index (χ3v) is 4.01. The van der Waals surface area contributed by atoms with E-state index < -0.39 is 11.7 Å². The van der Waals surface area contributed by atoms with Crippen molar-refractivity contribution >= 4 is 11.4 Å². The van der Waals surface area contributed by atoms with Crippen LogP contribution < -0.4 is 5.73 Å². The zero-order chi connectivity index (χ0) is 15.6. The summed E-state index contributed by atoms with van der Waals surface area (Å²) >= 11 is 0. The van der Waals surface area contributed by atoms with Crippen LogP contribution in [0.2, 0.25) is 0 Å². The number of hydrogen-bond donors (Lipinski definition) is 1. The predicted octanol–water partition coefficient (Wildman–Crippen LogP) is 4.28. The van der Waals surface area contributed by atoms with Crippen molar-refractivity contribution in [1.29, 1.82) is 0 Å². The summed E-state index contributed by atoms with van der Waals surface area (Å²) in [5, 5.41) is 0. The molecule has 1 aromatic rings. The number of likely N-dealkylation sites (tertiary alicyclic amines) is 1. The quantitative estimate of drug-likeness (QED) is 0.844. The molecule has 0 radical (unpaired) electrons. The van der Waals surface area contributed by atoms with E-state index in [1.54, 1.807) is 6.07 Å². The first-order valence-corrected chi connectivity index (χ1v) is 7.22. The zero-order valence-electron chi connectivity index (χ0n) is 12.4. The SMILES string of the molecule is CCC(C)=C(c1ccc(F)cc1N)N1CCC(F)(F)CC1. The summed E-state index contributed by atoms with van der Waals surface area (Å²) in [5.74, 6) is -2.98. The summed E-state index contributed by atoms with van der Waals surface area (Å²) in [4.78, 5) is 1.94. The van der Waals surface area contributed by atoms with Crippen molar-refractivity contribution in [1.82, 2.24) is 4.90 Å². The first kappa shape index (κ1) is 15.7. The average Bonchev–Trinajstić information content (AvgIpc) is 2.42. The standard InChI is InChI=1S/C16H21F3N2/c1-3-11(2)15(13-5-4-12(17)10-14(13)20)21-8-6-16(18,19)7-9-21/h4-5,10H,3,6-9,20H2,1-2H3. The van der Waals surface area contributed by atoms with Gasteiger partial charge in [0.1, 0.15) is 5.82 Å². The second-order valence-electron chi connectivity index (χ2n) is 5.56. The van der Waals surface area contributed by atoms with Gasteiger partial charge in [0.15, 0.2) is 0 Å². The van der Waals surface area contributed by atoms with Gasteiger partial charge in [0.05, 0.1) is 0 Å². The average molecular weight is 298 g/mol. The minimum atomic E-state index is -2.59. The van der Waals surface area contributed by atoms with Crippen LogP contribution in [0.1, 0.15) is 38.7 Å². The molecule has 0 bridgehead atoms. The van der Waals surface area contributed by atoms with Gasteiger partial charge in [-0.1, -0.05) is 6.92 Å². The zero-order valence-corrected chi connectivity index (χ0v) is 12.4. The van der Waals surface area contributed by atoms with E-state index in [-0.39, 0.29) is 25.9 Å². The lowest BCUT2D eigenvalue weighted by molar-refractivity contribution is -0.0451. The molecule has 0 spiro atoms. The second kappa shape index (κ2) is 6.00. The Balaban J connectivity index is 2.37. The van der Waals surface area contributed by atoms with Gasteiger partial charge in [-0.25, -0.2) is 13.2 Å². The van der Waals surface area contributed by atoms with Crippen LogP contribution in [0.3, 0.4) is 0 Å². The molecular weight excluding hydrogens is 277 g/mol. The molecule has 0 aromatic heterocycles. The maximum Gasteiger partial charge on any atom is 0.251 e. The largest absolute Gasteiger partial charge is 0.398 e. The lowest BCUT2D eigenvalue weighted by Crippen LogP contribution is -2.38. The van der Waals surface area contributed by atoms with Crippen molar-refractivity contribution in [3.05, 3.63) is 35.2 Å². The molecule has 5 heteroatoms. The molecule has 2 N–H and O–H groups in total. The number of nitrogen functional groups attached to an aromatic ring is 1. The number of nitrogens with zero attached hydrogens (tertiary/aromatic N) is 1. The first-order valence-electron chi connectivity index (χ1n) is 7.22. The van der Waals surface area contributed by atoms with Crippen LogP contribution in [0.5, 0.6) is 0 Å². The van der Waals surface area contributed by atoms with Crippen molar-refractivity contribution < 1.29 is 13.2 Å². The summed E-state index contributed by atoms with van der Waals surface area (Å²) in [7, 11) is 0. The Morgan fingerprint density at radius 1 is 1.29 bits per heavy atom. The summed E-state index contributed by atoms with van der Waals surface area (Å²) < 4.78 is 39.9. The van der Waals surface area contributed by atoms with Gasteiger partial charge in [0, 0.05) is 42.9 Å². The van der Waals surface area contributed by atoms with Crippen LogP contribution in [0.4, 0.5) is 18.9 Å². The Bertz CT molecular complexity index is 542. The van der Waals surface area contributed by atoms with Gasteiger partial charge in [-0.05, 0) is 37.1 Å². The molecule has 0 saturated carbocycles. The summed E-state index contributed by atoms with van der Waals surface area (Å²) in [6.07, 6.45) is 0.474. The van der Waals surface area contributed by atoms with Crippen molar-refractivity contribution in [3.8, 4) is 0 Å². The number of nitrogens with two attached hydrogens (primary N) is 1. The smallest absolute Gasteiger partial charge is 0.251 e. The third-order valence-electron chi connectivity index (χ3n) is 4.01. The highest BCUT2D eigenvalue weighted by Crippen LogP contribution is 2.35. The molecule has 1 fully saturated rings. The molecule has 0 amide bonds. The van der Waals surface area contributed by atoms with Crippen molar-refractivity contribution in [2.24, 2.45) is 0 Å². The van der Waals surface area contributed by atoms with Crippen LogP contribution in [0.15, 0.2) is 23.8 Å². The molecule has 116 valence electrons. The molecule has 1 saturated heterocycles. The van der Waals surface area contributed by atoms with Gasteiger partial charge in [-0.2, -0.15) is 0 Å². The Labute approximate surface area is 123 Å². The first-order chi connectivity index (χ1) is 9.84. The van der Waals surface area contributed by atoms with E-state index in [0.717, 1.165) is 23.3 Å². The van der Waals surface area contributed by atoms with Gasteiger partial charge >= 0.3 is 0 Å². The molecule has 2 nitrogen and oxygen atoms in total. The molecule has 1 aliphatic rings. The second-order valence-corrected chi connectivity index (χ2v) is 5.56. The highest BCUT2D eigenvalue weighted by molar-refractivity contribution is 5.76. The number of halogens is 3. The fourth-order valence-electron chi connectivity index (χ4n) is 2.64. The van der Waals surface area contributed by atoms with E-state index in [4.69, 9.17) is 5.73 Å². The van der Waals surface area contributed by atoms with E-state index in [1.165, 1.54) is 12.1 Å². The molecule has 1 aromatic carbocycles. The molecule has 21 heavy (non-hydrogen) atoms. The highest BCUT2D eigenvalue weighted by Gasteiger charge is 2.35. The van der Waals surface area contributed by atoms with Gasteiger partial charge in [-0.15, -0.1) is 0 Å². The van der Waals surface area contributed by atoms with Crippen LogP contribution in [-0.4, -0.2) is 23.9 Å². The fourth-order valence-corrected chi connectivity index (χ4v) is 2.64. The molecular formula is C16H21F3N2. The van der Waals surface area contributed by atoms with Gasteiger partial charge < -0.3 is 10.6 Å². The topological polar surface area (TPSA) is 29.3 Å². The van der Waals surface area contributed by atoms with Crippen molar-refractivity contribution in [2.45, 2.75) is 39.0 Å². The Hall–Kier alpha value is -1.65. The highest BCUT2D eigenvalue weighted by atomic mass is 19.3. The van der Waals surface area contributed by atoms with Crippen molar-refractivity contribution in [3.63, 3.8) is 0 Å². The maximum absolute atomic E-state index is 13.3. The van der Waals surface area contributed by atoms with E-state index >= 15 is 0 Å². The molecule has 2 rings (SSSR count). The number of allylic oxidation sites excluding steroid dienone is 1. The molecule has 1 heterocycles. The van der Waals surface area contributed by atoms with Crippen LogP contribution >= 0.6 is 0 Å². The number of rotatable bonds is 3. The number of piperidine rings is 1. The minimum absolute atomic E-state index is 0.158. The van der Waals surface area contributed by atoms with Crippen LogP contribution in [0, 0.1) is 5.82 Å². The Morgan fingerprint density at radius 3 is 2.43 bits per heavy atom. The van der Waals surface area contributed by atoms with Gasteiger partial charge in [0.2, 0.25) is 0 Å². The van der Waals surface area contributed by atoms with E-state index in [1.807, 2.05) is 18.7 Å². The predicted molar refractivity (Wildman–Crippen MR) is 79.5 cm³/mol. The van der Waals surface area contributed by atoms with Crippen LogP contribution in [0.25, 0.3) is 5.70 Å². The molecule has 0 atom stereocenters. The third kappa shape index (κ3) is 3.52. The summed E-state index contributed by atoms with van der Waals surface area (Å²) in [5.41, 5.74) is 8.93. The number of alkyl halides is 2. The molecule has 1 aliphatic heterocycles. The van der Waals surface area contributed by atoms with E-state index in [0.29, 0.717) is 5.69 Å². The maximum atomic E-state index is 13.3. The van der Waals surface area contributed by atoms with Gasteiger partial charge in [0.25, 0.3) is 5.92 Å². The fraction of sp³-hybridized carbons (Fsp3) is 0.500. The monoisotopic (exact) mass is 298 g/mol. The molecule has 0 unspecified atom stereocenters. The Morgan fingerprint density at radius 2 is 1.90 bits per heavy atom. The lowest BCUT2D eigenvalue weighted by Gasteiger charge is -2.36. The van der Waals surface area contributed by atoms with E-state index in [2.05, 4.69) is 0 Å². The number of hydrogen-bond acceptors (Lipinski definition) is 2. The minimum Gasteiger partial charge on any atom is -0.398 e. The molecule has 0 aliphatic carbocycles. The summed E-state index contributed by atoms with van der Waals surface area (Å²) in [6, 6.07) is 4.26. The number of anilines is 1. The Kier molecular flexibility index (Phi) is 4.49. The number of benzene rings is 1. The van der Waals surface area contributed by atoms with Crippen molar-refractivity contribution in [2.75, 3.05) is 18.8 Å². The normalized spacial score (nSPS) is 19.4. The van der Waals surface area contributed by atoms with Crippen LogP contribution in [-0.2, 0) is 0 Å². The van der Waals surface area contributed by atoms with E-state index in [9.17, 15) is 13.2 Å².